The molecule has 0 spiro atoms. The number of thiol groups is 1. The van der Waals surface area contributed by atoms with E-state index in [4.69, 9.17) is 0 Å². The number of unbranched alkanes of at least 4 members (excludes halogenated alkanes) is 3. The van der Waals surface area contributed by atoms with Crippen LogP contribution in [0.4, 0.5) is 0 Å². The number of rotatable bonds is 7. The molecular weight excluding hydrogens is 236 g/mol. The van der Waals surface area contributed by atoms with Gasteiger partial charge in [-0.05, 0) is 25.5 Å². The topological polar surface area (TPSA) is 40.6 Å². The summed E-state index contributed by atoms with van der Waals surface area (Å²) in [5, 5.41) is 0. The summed E-state index contributed by atoms with van der Waals surface area (Å²) >= 11 is 4.16. The summed E-state index contributed by atoms with van der Waals surface area (Å²) < 4.78 is 0. The first-order chi connectivity index (χ1) is 8.19. The highest BCUT2D eigenvalue weighted by atomic mass is 32.1. The van der Waals surface area contributed by atoms with E-state index < -0.39 is 0 Å². The lowest BCUT2D eigenvalue weighted by Crippen LogP contribution is -2.53. The van der Waals surface area contributed by atoms with Crippen LogP contribution in [0.25, 0.3) is 0 Å². The first-order valence-electron chi connectivity index (χ1n) is 6.35. The Labute approximate surface area is 109 Å². The summed E-state index contributed by atoms with van der Waals surface area (Å²) in [6.45, 7) is 3.76. The third-order valence-electron chi connectivity index (χ3n) is 3.08. The van der Waals surface area contributed by atoms with Crippen molar-refractivity contribution >= 4 is 24.4 Å². The molecule has 0 N–H and O–H groups in total. The van der Waals surface area contributed by atoms with E-state index in [0.717, 1.165) is 31.4 Å². The summed E-state index contributed by atoms with van der Waals surface area (Å²) in [4.78, 5) is 26.7. The molecule has 1 fully saturated rings. The van der Waals surface area contributed by atoms with Gasteiger partial charge in [0.15, 0.2) is 0 Å². The van der Waals surface area contributed by atoms with Crippen LogP contribution in [-0.2, 0) is 9.59 Å². The van der Waals surface area contributed by atoms with Gasteiger partial charge in [0.05, 0.1) is 13.1 Å². The molecule has 0 aliphatic carbocycles. The van der Waals surface area contributed by atoms with Gasteiger partial charge >= 0.3 is 0 Å². The zero-order valence-corrected chi connectivity index (χ0v) is 11.4. The van der Waals surface area contributed by atoms with E-state index in [-0.39, 0.29) is 24.9 Å². The maximum absolute atomic E-state index is 11.7. The molecule has 0 bridgehead atoms. The number of amides is 2. The van der Waals surface area contributed by atoms with E-state index >= 15 is 0 Å². The highest BCUT2D eigenvalue weighted by Gasteiger charge is 2.27. The molecular formula is C12H22N2O2S. The van der Waals surface area contributed by atoms with Crippen LogP contribution in [0.15, 0.2) is 0 Å². The minimum absolute atomic E-state index is 0.0717. The van der Waals surface area contributed by atoms with Crippen LogP contribution in [0, 0.1) is 0 Å². The fourth-order valence-electron chi connectivity index (χ4n) is 1.96. The van der Waals surface area contributed by atoms with Crippen LogP contribution in [0.1, 0.15) is 32.6 Å². The molecule has 0 atom stereocenters. The molecule has 4 nitrogen and oxygen atoms in total. The van der Waals surface area contributed by atoms with E-state index in [1.54, 1.807) is 9.80 Å². The van der Waals surface area contributed by atoms with Crippen molar-refractivity contribution in [3.8, 4) is 0 Å². The summed E-state index contributed by atoms with van der Waals surface area (Å²) in [7, 11) is 0. The molecule has 0 aromatic heterocycles. The Morgan fingerprint density at radius 1 is 1.00 bits per heavy atom. The van der Waals surface area contributed by atoms with Crippen molar-refractivity contribution in [2.75, 3.05) is 31.9 Å². The number of hydrogen-bond acceptors (Lipinski definition) is 3. The van der Waals surface area contributed by atoms with Gasteiger partial charge in [0, 0.05) is 13.1 Å². The Kier molecular flexibility index (Phi) is 6.40. The van der Waals surface area contributed by atoms with Gasteiger partial charge in [-0.15, -0.1) is 0 Å². The average molecular weight is 258 g/mol. The first-order valence-corrected chi connectivity index (χ1v) is 6.98. The number of likely N-dealkylation sites (N-methyl/N-ethyl adjacent to an activating group) is 1. The van der Waals surface area contributed by atoms with Crippen molar-refractivity contribution in [2.24, 2.45) is 0 Å². The van der Waals surface area contributed by atoms with E-state index in [2.05, 4.69) is 12.6 Å². The molecule has 0 unspecified atom stereocenters. The van der Waals surface area contributed by atoms with Crippen molar-refractivity contribution in [1.29, 1.82) is 0 Å². The zero-order valence-electron chi connectivity index (χ0n) is 10.5. The molecule has 1 heterocycles. The Balaban J connectivity index is 2.25. The van der Waals surface area contributed by atoms with E-state index in [1.807, 2.05) is 6.92 Å². The van der Waals surface area contributed by atoms with Crippen molar-refractivity contribution in [1.82, 2.24) is 9.80 Å². The van der Waals surface area contributed by atoms with Crippen LogP contribution in [-0.4, -0.2) is 53.5 Å². The minimum atomic E-state index is 0.0717. The minimum Gasteiger partial charge on any atom is -0.332 e. The lowest BCUT2D eigenvalue weighted by molar-refractivity contribution is -0.149. The first kappa shape index (κ1) is 14.4. The second-order valence-corrected chi connectivity index (χ2v) is 4.81. The summed E-state index contributed by atoms with van der Waals surface area (Å²) in [6.07, 6.45) is 4.37. The summed E-state index contributed by atoms with van der Waals surface area (Å²) in [5.74, 6) is 1.08. The molecule has 1 rings (SSSR count). The number of piperazine rings is 1. The van der Waals surface area contributed by atoms with Gasteiger partial charge in [-0.1, -0.05) is 12.8 Å². The van der Waals surface area contributed by atoms with Gasteiger partial charge in [-0.2, -0.15) is 12.6 Å². The third kappa shape index (κ3) is 4.58. The van der Waals surface area contributed by atoms with Gasteiger partial charge < -0.3 is 9.80 Å². The van der Waals surface area contributed by atoms with Gasteiger partial charge in [0.1, 0.15) is 0 Å². The zero-order chi connectivity index (χ0) is 12.7. The molecule has 0 aromatic rings. The second-order valence-electron chi connectivity index (χ2n) is 4.36. The Morgan fingerprint density at radius 3 is 2.24 bits per heavy atom. The SMILES string of the molecule is CCN1CC(=O)N(CCCCCCS)CC1=O. The summed E-state index contributed by atoms with van der Waals surface area (Å²) in [6, 6.07) is 0. The second kappa shape index (κ2) is 7.58. The van der Waals surface area contributed by atoms with Crippen LogP contribution in [0.2, 0.25) is 0 Å². The number of carbonyl (C=O) groups is 2. The van der Waals surface area contributed by atoms with E-state index in [9.17, 15) is 9.59 Å². The van der Waals surface area contributed by atoms with Gasteiger partial charge in [0.2, 0.25) is 11.8 Å². The maximum atomic E-state index is 11.7. The predicted octanol–water partition coefficient (Wildman–Crippen LogP) is 1.17. The van der Waals surface area contributed by atoms with Crippen LogP contribution >= 0.6 is 12.6 Å². The molecule has 0 radical (unpaired) electrons. The largest absolute Gasteiger partial charge is 0.332 e. The highest BCUT2D eigenvalue weighted by molar-refractivity contribution is 7.80. The van der Waals surface area contributed by atoms with Crippen LogP contribution in [0.3, 0.4) is 0 Å². The lowest BCUT2D eigenvalue weighted by Gasteiger charge is -2.33. The van der Waals surface area contributed by atoms with Crippen molar-refractivity contribution < 1.29 is 9.59 Å². The molecule has 0 aromatic carbocycles. The number of hydrogen-bond donors (Lipinski definition) is 1. The van der Waals surface area contributed by atoms with Gasteiger partial charge in [-0.25, -0.2) is 0 Å². The molecule has 17 heavy (non-hydrogen) atoms. The number of nitrogens with zero attached hydrogens (tertiary/aromatic N) is 2. The standard InChI is InChI=1S/C12H22N2O2S/c1-2-13-9-12(16)14(10-11(13)15)7-5-3-4-6-8-17/h17H,2-10H2,1H3. The summed E-state index contributed by atoms with van der Waals surface area (Å²) in [5.41, 5.74) is 0. The molecule has 1 aliphatic heterocycles. The number of carbonyl (C=O) groups excluding carboxylic acids is 2. The maximum Gasteiger partial charge on any atom is 0.242 e. The fraction of sp³-hybridized carbons (Fsp3) is 0.833. The predicted molar refractivity (Wildman–Crippen MR) is 71.2 cm³/mol. The van der Waals surface area contributed by atoms with Crippen LogP contribution < -0.4 is 0 Å². The highest BCUT2D eigenvalue weighted by Crippen LogP contribution is 2.08. The van der Waals surface area contributed by atoms with Crippen molar-refractivity contribution in [3.05, 3.63) is 0 Å². The van der Waals surface area contributed by atoms with Gasteiger partial charge in [0.25, 0.3) is 0 Å². The van der Waals surface area contributed by atoms with E-state index in [0.29, 0.717) is 13.1 Å². The Hall–Kier alpha value is -0.710. The van der Waals surface area contributed by atoms with Gasteiger partial charge in [-0.3, -0.25) is 9.59 Å². The fourth-order valence-corrected chi connectivity index (χ4v) is 2.19. The lowest BCUT2D eigenvalue weighted by atomic mass is 10.2. The van der Waals surface area contributed by atoms with Crippen LogP contribution in [0.5, 0.6) is 0 Å². The quantitative estimate of drug-likeness (QED) is 0.550. The third-order valence-corrected chi connectivity index (χ3v) is 3.39. The van der Waals surface area contributed by atoms with E-state index in [1.165, 1.54) is 0 Å². The normalized spacial score (nSPS) is 16.8. The van der Waals surface area contributed by atoms with Crippen molar-refractivity contribution in [2.45, 2.75) is 32.6 Å². The molecule has 2 amide bonds. The molecule has 1 aliphatic rings. The average Bonchev–Trinajstić information content (AvgIpc) is 2.32. The molecule has 0 saturated carbocycles. The smallest absolute Gasteiger partial charge is 0.242 e. The Morgan fingerprint density at radius 2 is 1.59 bits per heavy atom. The molecule has 1 saturated heterocycles. The molecule has 5 heteroatoms. The monoisotopic (exact) mass is 258 g/mol. The Bertz CT molecular complexity index is 271. The molecule has 98 valence electrons. The van der Waals surface area contributed by atoms with Crippen molar-refractivity contribution in [3.63, 3.8) is 0 Å².